The molecule has 0 aliphatic carbocycles. The first kappa shape index (κ1) is 14.9. The largest absolute Gasteiger partial charge is 0.328 e. The van der Waals surface area contributed by atoms with Crippen LogP contribution >= 0.6 is 0 Å². The van der Waals surface area contributed by atoms with Gasteiger partial charge < -0.3 is 5.73 Å². The van der Waals surface area contributed by atoms with E-state index >= 15 is 0 Å². The lowest BCUT2D eigenvalue weighted by atomic mass is 10.0. The Balaban J connectivity index is 2.59. The van der Waals surface area contributed by atoms with Crippen LogP contribution in [-0.4, -0.2) is 49.8 Å². The van der Waals surface area contributed by atoms with Crippen LogP contribution in [0.5, 0.6) is 0 Å². The molecule has 1 aliphatic heterocycles. The lowest BCUT2D eigenvalue weighted by molar-refractivity contribution is 0.263. The van der Waals surface area contributed by atoms with Crippen molar-refractivity contribution in [2.45, 2.75) is 39.2 Å². The van der Waals surface area contributed by atoms with Crippen molar-refractivity contribution in [2.24, 2.45) is 11.7 Å². The summed E-state index contributed by atoms with van der Waals surface area (Å²) in [5, 5.41) is 0. The molecule has 6 heteroatoms. The van der Waals surface area contributed by atoms with E-state index in [1.807, 2.05) is 6.92 Å². The molecular weight excluding hydrogens is 238 g/mol. The van der Waals surface area contributed by atoms with Crippen molar-refractivity contribution < 1.29 is 8.42 Å². The molecule has 1 heterocycles. The number of hydrogen-bond donors (Lipinski definition) is 1. The zero-order valence-corrected chi connectivity index (χ0v) is 11.9. The van der Waals surface area contributed by atoms with Crippen LogP contribution in [0.3, 0.4) is 0 Å². The Morgan fingerprint density at radius 2 is 2.18 bits per heavy atom. The normalized spacial score (nSPS) is 25.1. The van der Waals surface area contributed by atoms with Crippen molar-refractivity contribution in [2.75, 3.05) is 26.7 Å². The molecule has 1 aliphatic rings. The highest BCUT2D eigenvalue weighted by atomic mass is 32.2. The van der Waals surface area contributed by atoms with Crippen molar-refractivity contribution in [1.82, 2.24) is 8.61 Å². The summed E-state index contributed by atoms with van der Waals surface area (Å²) >= 11 is 0. The summed E-state index contributed by atoms with van der Waals surface area (Å²) in [5.41, 5.74) is 5.65. The molecule has 2 unspecified atom stereocenters. The van der Waals surface area contributed by atoms with Gasteiger partial charge in [-0.2, -0.15) is 17.0 Å². The molecule has 0 aromatic carbocycles. The van der Waals surface area contributed by atoms with Gasteiger partial charge in [-0.1, -0.05) is 6.92 Å². The lowest BCUT2D eigenvalue weighted by Crippen LogP contribution is -2.47. The summed E-state index contributed by atoms with van der Waals surface area (Å²) in [7, 11) is -1.64. The summed E-state index contributed by atoms with van der Waals surface area (Å²) in [5.74, 6) is 0.459. The van der Waals surface area contributed by atoms with Gasteiger partial charge in [0.2, 0.25) is 0 Å². The van der Waals surface area contributed by atoms with Crippen LogP contribution in [-0.2, 0) is 10.2 Å². The molecule has 0 radical (unpaired) electrons. The van der Waals surface area contributed by atoms with Crippen LogP contribution in [0, 0.1) is 5.92 Å². The van der Waals surface area contributed by atoms with Gasteiger partial charge in [0.25, 0.3) is 10.2 Å². The molecule has 0 saturated carbocycles. The van der Waals surface area contributed by atoms with Crippen LogP contribution in [0.4, 0.5) is 0 Å². The van der Waals surface area contributed by atoms with Gasteiger partial charge >= 0.3 is 0 Å². The highest BCUT2D eigenvalue weighted by Gasteiger charge is 2.30. The fourth-order valence-corrected chi connectivity index (χ4v) is 3.59. The number of piperidine rings is 1. The maximum absolute atomic E-state index is 12.3. The third-order valence-electron chi connectivity index (χ3n) is 3.24. The first-order chi connectivity index (χ1) is 7.84. The molecule has 17 heavy (non-hydrogen) atoms. The second-order valence-corrected chi connectivity index (χ2v) is 7.24. The fourth-order valence-electron chi connectivity index (χ4n) is 2.05. The second kappa shape index (κ2) is 6.13. The zero-order valence-electron chi connectivity index (χ0n) is 11.1. The van der Waals surface area contributed by atoms with Gasteiger partial charge in [-0.3, -0.25) is 0 Å². The van der Waals surface area contributed by atoms with Gasteiger partial charge in [-0.05, 0) is 32.1 Å². The van der Waals surface area contributed by atoms with Crippen molar-refractivity contribution in [3.8, 4) is 0 Å². The van der Waals surface area contributed by atoms with E-state index in [0.717, 1.165) is 12.8 Å². The molecule has 0 aromatic heterocycles. The summed E-state index contributed by atoms with van der Waals surface area (Å²) in [6, 6.07) is 0.0351. The second-order valence-electron chi connectivity index (χ2n) is 5.20. The molecular formula is C11H25N3O2S. The fraction of sp³-hybridized carbons (Fsp3) is 1.00. The third-order valence-corrected chi connectivity index (χ3v) is 5.19. The Kier molecular flexibility index (Phi) is 5.37. The smallest absolute Gasteiger partial charge is 0.281 e. The summed E-state index contributed by atoms with van der Waals surface area (Å²) < 4.78 is 27.5. The molecule has 102 valence electrons. The van der Waals surface area contributed by atoms with Crippen molar-refractivity contribution in [3.63, 3.8) is 0 Å². The van der Waals surface area contributed by atoms with Gasteiger partial charge in [-0.15, -0.1) is 0 Å². The van der Waals surface area contributed by atoms with E-state index < -0.39 is 10.2 Å². The predicted molar refractivity (Wildman–Crippen MR) is 69.8 cm³/mol. The molecule has 2 atom stereocenters. The van der Waals surface area contributed by atoms with Crippen LogP contribution in [0.15, 0.2) is 0 Å². The zero-order chi connectivity index (χ0) is 13.1. The number of nitrogens with zero attached hydrogens (tertiary/aromatic N) is 2. The standard InChI is InChI=1S/C11H25N3O2S/c1-10-5-4-7-14(9-10)17(15,16)13(3)8-6-11(2)12/h10-11H,4-9,12H2,1-3H3. The first-order valence-electron chi connectivity index (χ1n) is 6.31. The lowest BCUT2D eigenvalue weighted by Gasteiger charge is -2.33. The maximum atomic E-state index is 12.3. The van der Waals surface area contributed by atoms with Gasteiger partial charge in [0.15, 0.2) is 0 Å². The Bertz CT molecular complexity index is 330. The molecule has 0 spiro atoms. The van der Waals surface area contributed by atoms with Crippen molar-refractivity contribution >= 4 is 10.2 Å². The number of hydrogen-bond acceptors (Lipinski definition) is 3. The molecule has 1 saturated heterocycles. The van der Waals surface area contributed by atoms with Crippen LogP contribution in [0.25, 0.3) is 0 Å². The Morgan fingerprint density at radius 1 is 1.53 bits per heavy atom. The average Bonchev–Trinajstić information content (AvgIpc) is 2.25. The van der Waals surface area contributed by atoms with E-state index in [-0.39, 0.29) is 6.04 Å². The number of nitrogens with two attached hydrogens (primary N) is 1. The molecule has 1 fully saturated rings. The predicted octanol–water partition coefficient (Wildman–Crippen LogP) is 0.632. The first-order valence-corrected chi connectivity index (χ1v) is 7.70. The topological polar surface area (TPSA) is 66.6 Å². The van der Waals surface area contributed by atoms with Gasteiger partial charge in [0, 0.05) is 32.7 Å². The van der Waals surface area contributed by atoms with Crippen LogP contribution < -0.4 is 5.73 Å². The average molecular weight is 263 g/mol. The van der Waals surface area contributed by atoms with E-state index in [1.165, 1.54) is 4.31 Å². The highest BCUT2D eigenvalue weighted by molar-refractivity contribution is 7.86. The molecule has 2 N–H and O–H groups in total. The summed E-state index contributed by atoms with van der Waals surface area (Å²) in [6.07, 6.45) is 2.77. The SMILES string of the molecule is CC(N)CCN(C)S(=O)(=O)N1CCCC(C)C1. The minimum atomic E-state index is -3.28. The van der Waals surface area contributed by atoms with E-state index in [0.29, 0.717) is 32.0 Å². The monoisotopic (exact) mass is 263 g/mol. The third kappa shape index (κ3) is 4.21. The van der Waals surface area contributed by atoms with Gasteiger partial charge in [-0.25, -0.2) is 0 Å². The minimum Gasteiger partial charge on any atom is -0.328 e. The molecule has 0 amide bonds. The Morgan fingerprint density at radius 3 is 2.71 bits per heavy atom. The molecule has 0 bridgehead atoms. The molecule has 1 rings (SSSR count). The van der Waals surface area contributed by atoms with Crippen LogP contribution in [0.2, 0.25) is 0 Å². The maximum Gasteiger partial charge on any atom is 0.281 e. The number of rotatable bonds is 5. The minimum absolute atomic E-state index is 0.0351. The molecule has 5 nitrogen and oxygen atoms in total. The summed E-state index contributed by atoms with van der Waals surface area (Å²) in [4.78, 5) is 0. The Labute approximate surface area is 105 Å². The summed E-state index contributed by atoms with van der Waals surface area (Å²) in [6.45, 7) is 5.78. The highest BCUT2D eigenvalue weighted by Crippen LogP contribution is 2.20. The van der Waals surface area contributed by atoms with Gasteiger partial charge in [0.1, 0.15) is 0 Å². The van der Waals surface area contributed by atoms with E-state index in [9.17, 15) is 8.42 Å². The van der Waals surface area contributed by atoms with E-state index in [4.69, 9.17) is 5.73 Å². The van der Waals surface area contributed by atoms with Gasteiger partial charge in [0.05, 0.1) is 0 Å². The quantitative estimate of drug-likeness (QED) is 0.791. The molecule has 0 aromatic rings. The Hall–Kier alpha value is -0.170. The van der Waals surface area contributed by atoms with Crippen molar-refractivity contribution in [3.05, 3.63) is 0 Å². The van der Waals surface area contributed by atoms with E-state index in [2.05, 4.69) is 6.92 Å². The van der Waals surface area contributed by atoms with Crippen LogP contribution in [0.1, 0.15) is 33.1 Å². The van der Waals surface area contributed by atoms with Crippen molar-refractivity contribution in [1.29, 1.82) is 0 Å². The van der Waals surface area contributed by atoms with E-state index in [1.54, 1.807) is 11.4 Å².